The smallest absolute Gasteiger partial charge is 0.226 e. The van der Waals surface area contributed by atoms with Crippen LogP contribution in [0.25, 0.3) is 0 Å². The second kappa shape index (κ2) is 2.75. The maximum Gasteiger partial charge on any atom is 0.226 e. The maximum absolute atomic E-state index is 11.8. The summed E-state index contributed by atoms with van der Waals surface area (Å²) in [7, 11) is 0. The molecule has 0 atom stereocenters. The molecule has 2 aliphatic heterocycles. The van der Waals surface area contributed by atoms with Crippen LogP contribution in [0.1, 0.15) is 39.5 Å². The average molecular weight is 167 g/mol. The molecule has 0 aromatic heterocycles. The number of rotatable bonds is 1. The summed E-state index contributed by atoms with van der Waals surface area (Å²) in [4.78, 5) is 13.9. The molecule has 2 heteroatoms. The molecule has 2 bridgehead atoms. The summed E-state index contributed by atoms with van der Waals surface area (Å²) < 4.78 is 0. The minimum absolute atomic E-state index is 0.373. The molecule has 2 nitrogen and oxygen atoms in total. The lowest BCUT2D eigenvalue weighted by atomic mass is 9.78. The van der Waals surface area contributed by atoms with E-state index in [-0.39, 0.29) is 0 Å². The van der Waals surface area contributed by atoms with Gasteiger partial charge in [-0.05, 0) is 39.5 Å². The van der Waals surface area contributed by atoms with Gasteiger partial charge in [-0.25, -0.2) is 0 Å². The number of piperidine rings is 2. The summed E-state index contributed by atoms with van der Waals surface area (Å²) >= 11 is 0. The number of amides is 1. The molecule has 0 aromatic carbocycles. The van der Waals surface area contributed by atoms with Gasteiger partial charge in [0.15, 0.2) is 0 Å². The van der Waals surface area contributed by atoms with Crippen LogP contribution >= 0.6 is 0 Å². The number of hydrogen-bond acceptors (Lipinski definition) is 1. The zero-order chi connectivity index (χ0) is 8.72. The van der Waals surface area contributed by atoms with E-state index in [1.165, 1.54) is 12.8 Å². The van der Waals surface area contributed by atoms with Crippen molar-refractivity contribution in [3.05, 3.63) is 0 Å². The van der Waals surface area contributed by atoms with Gasteiger partial charge in [-0.3, -0.25) is 4.79 Å². The van der Waals surface area contributed by atoms with E-state index in [4.69, 9.17) is 0 Å². The van der Waals surface area contributed by atoms with Crippen molar-refractivity contribution in [1.82, 2.24) is 4.90 Å². The summed E-state index contributed by atoms with van der Waals surface area (Å²) in [5, 5.41) is 0. The molecule has 0 spiro atoms. The van der Waals surface area contributed by atoms with Crippen LogP contribution in [0.2, 0.25) is 0 Å². The lowest BCUT2D eigenvalue weighted by molar-refractivity contribution is -0.149. The summed E-state index contributed by atoms with van der Waals surface area (Å²) in [5.74, 6) is 0.796. The van der Waals surface area contributed by atoms with Crippen molar-refractivity contribution in [3.63, 3.8) is 0 Å². The summed E-state index contributed by atoms with van der Waals surface area (Å²) in [6.45, 7) is 4.25. The molecule has 0 radical (unpaired) electrons. The molecule has 3 aliphatic rings. The third kappa shape index (κ3) is 1.05. The fraction of sp³-hybridized carbons (Fsp3) is 0.900. The molecule has 12 heavy (non-hydrogen) atoms. The van der Waals surface area contributed by atoms with Crippen molar-refractivity contribution >= 4 is 5.91 Å². The predicted molar refractivity (Wildman–Crippen MR) is 47.7 cm³/mol. The van der Waals surface area contributed by atoms with Gasteiger partial charge in [0.2, 0.25) is 5.91 Å². The van der Waals surface area contributed by atoms with Crippen molar-refractivity contribution in [2.75, 3.05) is 0 Å². The van der Waals surface area contributed by atoms with Crippen LogP contribution in [0, 0.1) is 5.92 Å². The van der Waals surface area contributed by atoms with Crippen LogP contribution in [0.15, 0.2) is 0 Å². The lowest BCUT2D eigenvalue weighted by Gasteiger charge is -2.46. The zero-order valence-corrected chi connectivity index (χ0v) is 7.92. The number of nitrogens with zero attached hydrogens (tertiary/aromatic N) is 1. The Hall–Kier alpha value is -0.530. The Labute approximate surface area is 73.9 Å². The predicted octanol–water partition coefficient (Wildman–Crippen LogP) is 1.80. The van der Waals surface area contributed by atoms with E-state index in [0.29, 0.717) is 23.9 Å². The van der Waals surface area contributed by atoms with Crippen LogP contribution < -0.4 is 0 Å². The van der Waals surface area contributed by atoms with Gasteiger partial charge in [-0.15, -0.1) is 0 Å². The zero-order valence-electron chi connectivity index (χ0n) is 7.92. The SMILES string of the molecule is CC(C)N1C(=O)C2CCC1CC2. The van der Waals surface area contributed by atoms with E-state index in [1.807, 2.05) is 0 Å². The third-order valence-corrected chi connectivity index (χ3v) is 3.25. The Morgan fingerprint density at radius 2 is 1.83 bits per heavy atom. The quantitative estimate of drug-likeness (QED) is 0.583. The molecule has 1 amide bonds. The highest BCUT2D eigenvalue weighted by molar-refractivity contribution is 5.81. The van der Waals surface area contributed by atoms with Gasteiger partial charge in [0, 0.05) is 18.0 Å². The highest BCUT2D eigenvalue weighted by Gasteiger charge is 2.40. The highest BCUT2D eigenvalue weighted by atomic mass is 16.2. The van der Waals surface area contributed by atoms with Gasteiger partial charge in [0.25, 0.3) is 0 Å². The van der Waals surface area contributed by atoms with Crippen LogP contribution in [0.4, 0.5) is 0 Å². The fourth-order valence-electron chi connectivity index (χ4n) is 2.67. The second-order valence-electron chi connectivity index (χ2n) is 4.34. The number of carbonyl (C=O) groups is 1. The second-order valence-corrected chi connectivity index (χ2v) is 4.34. The maximum atomic E-state index is 11.8. The van der Waals surface area contributed by atoms with Crippen molar-refractivity contribution in [3.8, 4) is 0 Å². The summed E-state index contributed by atoms with van der Waals surface area (Å²) in [5.41, 5.74) is 0. The first-order chi connectivity index (χ1) is 5.70. The molecule has 0 unspecified atom stereocenters. The third-order valence-electron chi connectivity index (χ3n) is 3.25. The fourth-order valence-corrected chi connectivity index (χ4v) is 2.67. The van der Waals surface area contributed by atoms with Gasteiger partial charge < -0.3 is 4.90 Å². The van der Waals surface area contributed by atoms with Crippen molar-refractivity contribution in [1.29, 1.82) is 0 Å². The Kier molecular flexibility index (Phi) is 1.85. The van der Waals surface area contributed by atoms with E-state index in [0.717, 1.165) is 12.8 Å². The first-order valence-corrected chi connectivity index (χ1v) is 5.02. The molecular weight excluding hydrogens is 150 g/mol. The molecule has 2 heterocycles. The van der Waals surface area contributed by atoms with Crippen LogP contribution in [0.5, 0.6) is 0 Å². The number of fused-ring (bicyclic) bond motifs is 3. The van der Waals surface area contributed by atoms with E-state index in [1.54, 1.807) is 0 Å². The van der Waals surface area contributed by atoms with Crippen LogP contribution in [-0.4, -0.2) is 22.9 Å². The van der Waals surface area contributed by atoms with E-state index in [9.17, 15) is 4.79 Å². The summed E-state index contributed by atoms with van der Waals surface area (Å²) in [6.07, 6.45) is 4.78. The molecule has 0 N–H and O–H groups in total. The van der Waals surface area contributed by atoms with Gasteiger partial charge in [-0.2, -0.15) is 0 Å². The average Bonchev–Trinajstić information content (AvgIpc) is 2.05. The molecule has 1 saturated carbocycles. The minimum Gasteiger partial charge on any atom is -0.337 e. The van der Waals surface area contributed by atoms with Crippen LogP contribution in [-0.2, 0) is 4.79 Å². The van der Waals surface area contributed by atoms with Crippen molar-refractivity contribution in [2.45, 2.75) is 51.6 Å². The van der Waals surface area contributed by atoms with Crippen molar-refractivity contribution in [2.24, 2.45) is 5.92 Å². The Morgan fingerprint density at radius 3 is 2.17 bits per heavy atom. The van der Waals surface area contributed by atoms with Gasteiger partial charge in [-0.1, -0.05) is 0 Å². The Bertz CT molecular complexity index is 192. The Balaban J connectivity index is 2.18. The molecular formula is C10H17NO. The number of hydrogen-bond donors (Lipinski definition) is 0. The van der Waals surface area contributed by atoms with Gasteiger partial charge >= 0.3 is 0 Å². The van der Waals surface area contributed by atoms with Crippen molar-refractivity contribution < 1.29 is 4.79 Å². The summed E-state index contributed by atoms with van der Waals surface area (Å²) in [6, 6.07) is 0.980. The molecule has 68 valence electrons. The topological polar surface area (TPSA) is 20.3 Å². The first kappa shape index (κ1) is 8.09. The molecule has 0 aromatic rings. The van der Waals surface area contributed by atoms with E-state index < -0.39 is 0 Å². The normalized spacial score (nSPS) is 34.9. The lowest BCUT2D eigenvalue weighted by Crippen LogP contribution is -2.54. The number of carbonyl (C=O) groups excluding carboxylic acids is 1. The highest BCUT2D eigenvalue weighted by Crippen LogP contribution is 2.36. The van der Waals surface area contributed by atoms with E-state index >= 15 is 0 Å². The van der Waals surface area contributed by atoms with Crippen LogP contribution in [0.3, 0.4) is 0 Å². The molecule has 2 saturated heterocycles. The Morgan fingerprint density at radius 1 is 1.25 bits per heavy atom. The molecule has 1 aliphatic carbocycles. The molecule has 3 fully saturated rings. The standard InChI is InChI=1S/C10H17NO/c1-7(2)11-9-5-3-8(4-6-9)10(11)12/h7-9H,3-6H2,1-2H3. The largest absolute Gasteiger partial charge is 0.337 e. The van der Waals surface area contributed by atoms with E-state index in [2.05, 4.69) is 18.7 Å². The van der Waals surface area contributed by atoms with Gasteiger partial charge in [0.1, 0.15) is 0 Å². The first-order valence-electron chi connectivity index (χ1n) is 5.02. The monoisotopic (exact) mass is 167 g/mol. The minimum atomic E-state index is 0.373. The van der Waals surface area contributed by atoms with Gasteiger partial charge in [0.05, 0.1) is 0 Å². The molecule has 3 rings (SSSR count).